The monoisotopic (exact) mass is 378 g/mol. The van der Waals surface area contributed by atoms with Crippen molar-refractivity contribution >= 4 is 35.3 Å². The van der Waals surface area contributed by atoms with Crippen molar-refractivity contribution in [2.75, 3.05) is 11.9 Å². The molecule has 0 bridgehead atoms. The van der Waals surface area contributed by atoms with Crippen LogP contribution in [0.25, 0.3) is 0 Å². The number of rotatable bonds is 10. The average Bonchev–Trinajstić information content (AvgIpc) is 2.60. The van der Waals surface area contributed by atoms with Crippen LogP contribution in [0.15, 0.2) is 24.3 Å². The van der Waals surface area contributed by atoms with Gasteiger partial charge in [0.05, 0.1) is 13.0 Å². The molecular weight excluding hydrogens is 356 g/mol. The number of amides is 2. The Morgan fingerprint density at radius 3 is 2.26 bits per heavy atom. The van der Waals surface area contributed by atoms with Crippen LogP contribution < -0.4 is 16.4 Å². The lowest BCUT2D eigenvalue weighted by Gasteiger charge is -2.13. The summed E-state index contributed by atoms with van der Waals surface area (Å²) in [6.07, 6.45) is -0.917. The lowest BCUT2D eigenvalue weighted by Crippen LogP contribution is -2.42. The van der Waals surface area contributed by atoms with Crippen molar-refractivity contribution in [1.82, 2.24) is 5.32 Å². The zero-order valence-electron chi connectivity index (χ0n) is 14.8. The van der Waals surface area contributed by atoms with Crippen LogP contribution in [0.4, 0.5) is 5.69 Å². The summed E-state index contributed by atoms with van der Waals surface area (Å²) >= 11 is 0. The second-order valence-corrected chi connectivity index (χ2v) is 5.51. The molecule has 1 aromatic carbocycles. The summed E-state index contributed by atoms with van der Waals surface area (Å²) in [5.74, 6) is -3.32. The lowest BCUT2D eigenvalue weighted by molar-refractivity contribution is -0.150. The Kier molecular flexibility index (Phi) is 8.43. The molecule has 10 heteroatoms. The summed E-state index contributed by atoms with van der Waals surface area (Å²) in [6.45, 7) is 1.69. The van der Waals surface area contributed by atoms with Gasteiger partial charge >= 0.3 is 11.9 Å². The summed E-state index contributed by atoms with van der Waals surface area (Å²) in [5.41, 5.74) is 6.31. The Bertz CT molecular complexity index is 717. The number of nitrogens with one attached hydrogen (secondary N) is 3. The van der Waals surface area contributed by atoms with E-state index in [0.29, 0.717) is 11.3 Å². The van der Waals surface area contributed by atoms with Gasteiger partial charge in [-0.2, -0.15) is 0 Å². The number of ether oxygens (including phenoxy) is 1. The first-order valence-corrected chi connectivity index (χ1v) is 8.15. The number of hydrogen-bond donors (Lipinski definition) is 5. The quantitative estimate of drug-likeness (QED) is 0.220. The number of nitrogens with two attached hydrogens (primary N) is 1. The number of benzene rings is 1. The first-order valence-electron chi connectivity index (χ1n) is 8.15. The molecule has 0 heterocycles. The molecule has 1 aromatic rings. The minimum absolute atomic E-state index is 0.0969. The molecule has 0 aromatic heterocycles. The highest BCUT2D eigenvalue weighted by Gasteiger charge is 2.24. The maximum absolute atomic E-state index is 11.9. The smallest absolute Gasteiger partial charge is 0.326 e. The van der Waals surface area contributed by atoms with Gasteiger partial charge in [0, 0.05) is 24.1 Å². The van der Waals surface area contributed by atoms with Crippen LogP contribution in [0.2, 0.25) is 0 Å². The largest absolute Gasteiger partial charge is 0.480 e. The van der Waals surface area contributed by atoms with Gasteiger partial charge in [-0.1, -0.05) is 0 Å². The van der Waals surface area contributed by atoms with Gasteiger partial charge in [-0.05, 0) is 31.2 Å². The minimum Gasteiger partial charge on any atom is -0.480 e. The molecule has 0 aliphatic carbocycles. The van der Waals surface area contributed by atoms with Crippen LogP contribution in [0.1, 0.15) is 31.7 Å². The standard InChI is InChI=1S/C17H22N4O6/c1-2-27-15(24)9-12(17(25)26)21-14(23)8-7-13(22)20-11-5-3-10(4-6-11)16(18)19/h3-6,12H,2,7-9H2,1H3,(H3,18,19)(H,20,22)(H,21,23)(H,25,26). The highest BCUT2D eigenvalue weighted by Crippen LogP contribution is 2.10. The van der Waals surface area contributed by atoms with Gasteiger partial charge in [-0.15, -0.1) is 0 Å². The number of carboxylic acids is 1. The third-order valence-corrected chi connectivity index (χ3v) is 3.37. The molecule has 0 saturated heterocycles. The van der Waals surface area contributed by atoms with E-state index in [1.165, 1.54) is 0 Å². The molecule has 27 heavy (non-hydrogen) atoms. The van der Waals surface area contributed by atoms with Crippen LogP contribution >= 0.6 is 0 Å². The fourth-order valence-corrected chi connectivity index (χ4v) is 2.04. The molecule has 0 radical (unpaired) electrons. The van der Waals surface area contributed by atoms with Crippen molar-refractivity contribution in [3.63, 3.8) is 0 Å². The molecule has 0 saturated carbocycles. The van der Waals surface area contributed by atoms with Crippen molar-refractivity contribution < 1.29 is 29.0 Å². The summed E-state index contributed by atoms with van der Waals surface area (Å²) in [6, 6.07) is 4.84. The van der Waals surface area contributed by atoms with Crippen LogP contribution in [0.3, 0.4) is 0 Å². The number of carboxylic acid groups (broad SMARTS) is 1. The number of hydrogen-bond acceptors (Lipinski definition) is 6. The zero-order valence-corrected chi connectivity index (χ0v) is 14.8. The topological polar surface area (TPSA) is 172 Å². The number of aliphatic carboxylic acids is 1. The van der Waals surface area contributed by atoms with Gasteiger partial charge in [-0.25, -0.2) is 4.79 Å². The summed E-state index contributed by atoms with van der Waals surface area (Å²) < 4.78 is 4.65. The van der Waals surface area contributed by atoms with Gasteiger partial charge in [0.15, 0.2) is 0 Å². The molecule has 0 aliphatic heterocycles. The Hall–Kier alpha value is -3.43. The van der Waals surface area contributed by atoms with Crippen molar-refractivity contribution in [2.45, 2.75) is 32.2 Å². The lowest BCUT2D eigenvalue weighted by atomic mass is 10.1. The predicted octanol–water partition coefficient (Wildman–Crippen LogP) is 0.212. The normalized spacial score (nSPS) is 11.1. The number of anilines is 1. The van der Waals surface area contributed by atoms with Crippen molar-refractivity contribution in [2.24, 2.45) is 5.73 Å². The first kappa shape index (κ1) is 21.6. The first-order chi connectivity index (χ1) is 12.7. The summed E-state index contributed by atoms with van der Waals surface area (Å²) in [5, 5.41) is 21.1. The third-order valence-electron chi connectivity index (χ3n) is 3.37. The van der Waals surface area contributed by atoms with Crippen LogP contribution in [0.5, 0.6) is 0 Å². The molecule has 2 amide bonds. The van der Waals surface area contributed by atoms with Crippen LogP contribution in [-0.2, 0) is 23.9 Å². The van der Waals surface area contributed by atoms with E-state index >= 15 is 0 Å². The maximum atomic E-state index is 11.9. The SMILES string of the molecule is CCOC(=O)CC(NC(=O)CCC(=O)Nc1ccc(C(=N)N)cc1)C(=O)O. The number of carbonyl (C=O) groups excluding carboxylic acids is 3. The van der Waals surface area contributed by atoms with Gasteiger partial charge < -0.3 is 26.2 Å². The predicted molar refractivity (Wildman–Crippen MR) is 96.1 cm³/mol. The molecule has 1 unspecified atom stereocenters. The Morgan fingerprint density at radius 1 is 1.15 bits per heavy atom. The third kappa shape index (κ3) is 7.99. The number of esters is 1. The van der Waals surface area contributed by atoms with E-state index in [4.69, 9.17) is 16.2 Å². The minimum atomic E-state index is -1.42. The van der Waals surface area contributed by atoms with Crippen molar-refractivity contribution in [1.29, 1.82) is 5.41 Å². The molecule has 0 fully saturated rings. The molecule has 0 spiro atoms. The second-order valence-electron chi connectivity index (χ2n) is 5.51. The van der Waals surface area contributed by atoms with Gasteiger partial charge in [0.2, 0.25) is 11.8 Å². The molecule has 146 valence electrons. The number of carbonyl (C=O) groups is 4. The highest BCUT2D eigenvalue weighted by atomic mass is 16.5. The van der Waals surface area contributed by atoms with E-state index in [9.17, 15) is 19.2 Å². The van der Waals surface area contributed by atoms with Gasteiger partial charge in [-0.3, -0.25) is 19.8 Å². The molecule has 6 N–H and O–H groups in total. The Labute approximate surface area is 155 Å². The molecule has 10 nitrogen and oxygen atoms in total. The van der Waals surface area contributed by atoms with Crippen LogP contribution in [0, 0.1) is 5.41 Å². The molecule has 1 rings (SSSR count). The summed E-state index contributed by atoms with van der Waals surface area (Å²) in [4.78, 5) is 46.2. The van der Waals surface area contributed by atoms with Gasteiger partial charge in [0.1, 0.15) is 11.9 Å². The van der Waals surface area contributed by atoms with E-state index in [1.54, 1.807) is 31.2 Å². The van der Waals surface area contributed by atoms with Crippen molar-refractivity contribution in [3.8, 4) is 0 Å². The zero-order chi connectivity index (χ0) is 20.4. The molecular formula is C17H22N4O6. The maximum Gasteiger partial charge on any atom is 0.326 e. The number of amidine groups is 1. The Balaban J connectivity index is 2.47. The fraction of sp³-hybridized carbons (Fsp3) is 0.353. The van der Waals surface area contributed by atoms with Crippen LogP contribution in [-0.4, -0.2) is 47.3 Å². The Morgan fingerprint density at radius 2 is 1.74 bits per heavy atom. The molecule has 1 atom stereocenters. The molecule has 0 aliphatic rings. The van der Waals surface area contributed by atoms with Crippen molar-refractivity contribution in [3.05, 3.63) is 29.8 Å². The fourth-order valence-electron chi connectivity index (χ4n) is 2.04. The number of nitrogen functional groups attached to an aromatic ring is 1. The van der Waals surface area contributed by atoms with E-state index in [0.717, 1.165) is 0 Å². The van der Waals surface area contributed by atoms with Gasteiger partial charge in [0.25, 0.3) is 0 Å². The van der Waals surface area contributed by atoms with E-state index in [2.05, 4.69) is 15.4 Å². The average molecular weight is 378 g/mol. The highest BCUT2D eigenvalue weighted by molar-refractivity contribution is 5.97. The van der Waals surface area contributed by atoms with E-state index < -0.39 is 36.2 Å². The summed E-state index contributed by atoms with van der Waals surface area (Å²) in [7, 11) is 0. The second kappa shape index (κ2) is 10.5. The van der Waals surface area contributed by atoms with E-state index in [1.807, 2.05) is 0 Å². The van der Waals surface area contributed by atoms with E-state index in [-0.39, 0.29) is 25.3 Å².